The van der Waals surface area contributed by atoms with E-state index in [0.717, 1.165) is 11.1 Å². The summed E-state index contributed by atoms with van der Waals surface area (Å²) in [7, 11) is 1.57. The number of nitrogens with zero attached hydrogens (tertiary/aromatic N) is 1. The molecule has 3 rings (SSSR count). The normalized spacial score (nSPS) is 32.8. The molecule has 0 spiro atoms. The van der Waals surface area contributed by atoms with Gasteiger partial charge in [0.2, 0.25) is 6.41 Å². The van der Waals surface area contributed by atoms with Crippen molar-refractivity contribution in [2.75, 3.05) is 20.2 Å². The highest BCUT2D eigenvalue weighted by molar-refractivity contribution is 5.84. The molecule has 1 saturated carbocycles. The number of piperidine rings is 1. The molecule has 1 aliphatic heterocycles. The Bertz CT molecular complexity index is 870. The van der Waals surface area contributed by atoms with Crippen molar-refractivity contribution in [3.05, 3.63) is 29.3 Å². The third-order valence-corrected chi connectivity index (χ3v) is 7.58. The Morgan fingerprint density at radius 2 is 2.09 bits per heavy atom. The molecule has 2 aliphatic rings. The quantitative estimate of drug-likeness (QED) is 0.577. The number of methoxy groups -OCH3 is 1. The average Bonchev–Trinajstić information content (AvgIpc) is 2.72. The van der Waals surface area contributed by atoms with Crippen molar-refractivity contribution in [3.8, 4) is 5.75 Å². The van der Waals surface area contributed by atoms with Gasteiger partial charge < -0.3 is 15.2 Å². The van der Waals surface area contributed by atoms with Crippen LogP contribution >= 0.6 is 0 Å². The maximum atomic E-state index is 13.2. The minimum atomic E-state index is -2.49. The Morgan fingerprint density at radius 1 is 1.38 bits per heavy atom. The van der Waals surface area contributed by atoms with Gasteiger partial charge >= 0.3 is 6.03 Å². The Morgan fingerprint density at radius 3 is 2.72 bits per heavy atom. The number of aryl methyl sites for hydroxylation is 1. The van der Waals surface area contributed by atoms with Crippen LogP contribution in [-0.2, 0) is 10.2 Å². The van der Waals surface area contributed by atoms with Crippen molar-refractivity contribution in [2.45, 2.75) is 75.5 Å². The van der Waals surface area contributed by atoms with Crippen LogP contribution in [0.4, 0.5) is 13.6 Å². The molecule has 3 amide bonds. The van der Waals surface area contributed by atoms with E-state index in [0.29, 0.717) is 44.4 Å². The molecule has 32 heavy (non-hydrogen) atoms. The maximum absolute atomic E-state index is 13.2. The standard InChI is InChI=1S/C23H33F2N3O4/c1-15-5-6-17(32-4)11-18(15)22-9-10-28(12-19(24)25)16(2)23(22,31)8-7-21(3,13-22)27-20(30)26-14-29/h5-6,11,14,16,19,31H,7-10,12-13H2,1-4H3,(H2,26,27,29,30)/t16-,21+,22-,23-/m1/s1. The third kappa shape index (κ3) is 4.20. The average molecular weight is 454 g/mol. The van der Waals surface area contributed by atoms with E-state index in [4.69, 9.17) is 4.74 Å². The monoisotopic (exact) mass is 453 g/mol. The number of halogens is 2. The van der Waals surface area contributed by atoms with E-state index < -0.39 is 41.6 Å². The van der Waals surface area contributed by atoms with Gasteiger partial charge in [0.15, 0.2) is 0 Å². The van der Waals surface area contributed by atoms with Crippen molar-refractivity contribution >= 4 is 12.4 Å². The summed E-state index contributed by atoms with van der Waals surface area (Å²) in [6.07, 6.45) is -0.583. The highest BCUT2D eigenvalue weighted by atomic mass is 19.3. The number of imide groups is 1. The van der Waals surface area contributed by atoms with E-state index in [1.54, 1.807) is 18.9 Å². The smallest absolute Gasteiger partial charge is 0.321 e. The molecule has 0 unspecified atom stereocenters. The lowest BCUT2D eigenvalue weighted by atomic mass is 9.50. The number of likely N-dealkylation sites (tertiary alicyclic amines) is 1. The van der Waals surface area contributed by atoms with Crippen LogP contribution in [0.2, 0.25) is 0 Å². The Balaban J connectivity index is 2.11. The summed E-state index contributed by atoms with van der Waals surface area (Å²) in [6, 6.07) is 4.57. The molecule has 2 fully saturated rings. The van der Waals surface area contributed by atoms with Crippen LogP contribution in [0.25, 0.3) is 0 Å². The number of alkyl halides is 2. The zero-order valence-electron chi connectivity index (χ0n) is 19.1. The molecule has 7 nitrogen and oxygen atoms in total. The minimum Gasteiger partial charge on any atom is -0.497 e. The van der Waals surface area contributed by atoms with Gasteiger partial charge in [-0.05, 0) is 76.3 Å². The number of urea groups is 1. The third-order valence-electron chi connectivity index (χ3n) is 7.58. The van der Waals surface area contributed by atoms with Crippen LogP contribution in [0.5, 0.6) is 5.75 Å². The lowest BCUT2D eigenvalue weighted by Crippen LogP contribution is -2.73. The summed E-state index contributed by atoms with van der Waals surface area (Å²) in [4.78, 5) is 24.5. The predicted molar refractivity (Wildman–Crippen MR) is 116 cm³/mol. The fraction of sp³-hybridized carbons (Fsp3) is 0.652. The summed E-state index contributed by atoms with van der Waals surface area (Å²) >= 11 is 0. The second kappa shape index (κ2) is 8.94. The number of ether oxygens (including phenoxy) is 1. The topological polar surface area (TPSA) is 90.9 Å². The fourth-order valence-corrected chi connectivity index (χ4v) is 5.96. The number of carbonyl (C=O) groups excluding carboxylic acids is 2. The molecule has 4 atom stereocenters. The molecular weight excluding hydrogens is 420 g/mol. The zero-order valence-corrected chi connectivity index (χ0v) is 19.1. The highest BCUT2D eigenvalue weighted by Crippen LogP contribution is 2.57. The maximum Gasteiger partial charge on any atom is 0.321 e. The van der Waals surface area contributed by atoms with Crippen molar-refractivity contribution < 1.29 is 28.2 Å². The summed E-state index contributed by atoms with van der Waals surface area (Å²) in [5.74, 6) is 0.643. The number of amides is 3. The summed E-state index contributed by atoms with van der Waals surface area (Å²) in [6.45, 7) is 5.65. The van der Waals surface area contributed by atoms with E-state index >= 15 is 0 Å². The Hall–Kier alpha value is -2.26. The molecule has 1 saturated heterocycles. The van der Waals surface area contributed by atoms with Gasteiger partial charge in [0.25, 0.3) is 6.43 Å². The number of nitrogens with one attached hydrogen (secondary N) is 2. The molecule has 1 aromatic carbocycles. The van der Waals surface area contributed by atoms with Gasteiger partial charge in [0, 0.05) is 17.0 Å². The summed E-state index contributed by atoms with van der Waals surface area (Å²) in [5.41, 5.74) is -0.948. The number of hydrogen-bond acceptors (Lipinski definition) is 5. The van der Waals surface area contributed by atoms with Crippen molar-refractivity contribution in [1.29, 1.82) is 0 Å². The number of benzene rings is 1. The number of rotatable bonds is 6. The summed E-state index contributed by atoms with van der Waals surface area (Å²) < 4.78 is 31.9. The van der Waals surface area contributed by atoms with E-state index in [1.165, 1.54) is 0 Å². The van der Waals surface area contributed by atoms with Gasteiger partial charge in [0.1, 0.15) is 5.75 Å². The van der Waals surface area contributed by atoms with Crippen LogP contribution in [-0.4, -0.2) is 66.3 Å². The molecule has 0 aromatic heterocycles. The van der Waals surface area contributed by atoms with Gasteiger partial charge in [-0.2, -0.15) is 0 Å². The van der Waals surface area contributed by atoms with Crippen LogP contribution in [0, 0.1) is 6.92 Å². The highest BCUT2D eigenvalue weighted by Gasteiger charge is 2.63. The predicted octanol–water partition coefficient (Wildman–Crippen LogP) is 2.73. The van der Waals surface area contributed by atoms with Gasteiger partial charge in [0.05, 0.1) is 19.3 Å². The molecule has 1 heterocycles. The Kier molecular flexibility index (Phi) is 6.81. The van der Waals surface area contributed by atoms with Crippen molar-refractivity contribution in [2.24, 2.45) is 0 Å². The van der Waals surface area contributed by atoms with Crippen LogP contribution in [0.3, 0.4) is 0 Å². The van der Waals surface area contributed by atoms with Crippen molar-refractivity contribution in [1.82, 2.24) is 15.5 Å². The zero-order chi connectivity index (χ0) is 23.7. The van der Waals surface area contributed by atoms with Gasteiger partial charge in [-0.15, -0.1) is 0 Å². The van der Waals surface area contributed by atoms with E-state index in [2.05, 4.69) is 10.6 Å². The SMILES string of the molecule is COc1ccc(C)c([C@]23CCN(CC(F)F)[C@H](C)[C@]2(O)CC[C@](C)(NC(=O)NC=O)C3)c1. The molecule has 9 heteroatoms. The summed E-state index contributed by atoms with van der Waals surface area (Å²) in [5, 5.41) is 17.2. The second-order valence-electron chi connectivity index (χ2n) is 9.45. The first-order valence-corrected chi connectivity index (χ1v) is 10.9. The largest absolute Gasteiger partial charge is 0.497 e. The van der Waals surface area contributed by atoms with E-state index in [9.17, 15) is 23.5 Å². The van der Waals surface area contributed by atoms with E-state index in [1.807, 2.05) is 32.0 Å². The first kappa shape index (κ1) is 24.4. The van der Waals surface area contributed by atoms with Gasteiger partial charge in [-0.3, -0.25) is 15.0 Å². The first-order chi connectivity index (χ1) is 15.0. The molecule has 0 bridgehead atoms. The fourth-order valence-electron chi connectivity index (χ4n) is 5.96. The number of fused-ring (bicyclic) bond motifs is 1. The van der Waals surface area contributed by atoms with Crippen LogP contribution in [0.15, 0.2) is 18.2 Å². The molecule has 3 N–H and O–H groups in total. The molecule has 1 aliphatic carbocycles. The first-order valence-electron chi connectivity index (χ1n) is 10.9. The number of carbonyl (C=O) groups is 2. The molecular formula is C23H33F2N3O4. The van der Waals surface area contributed by atoms with Gasteiger partial charge in [-0.1, -0.05) is 6.07 Å². The molecule has 178 valence electrons. The van der Waals surface area contributed by atoms with Gasteiger partial charge in [-0.25, -0.2) is 13.6 Å². The Labute approximate surface area is 187 Å². The van der Waals surface area contributed by atoms with Crippen LogP contribution in [0.1, 0.15) is 50.7 Å². The van der Waals surface area contributed by atoms with Crippen LogP contribution < -0.4 is 15.4 Å². The number of aliphatic hydroxyl groups is 1. The molecule has 0 radical (unpaired) electrons. The van der Waals surface area contributed by atoms with Crippen molar-refractivity contribution in [3.63, 3.8) is 0 Å². The van der Waals surface area contributed by atoms with E-state index in [-0.39, 0.29) is 0 Å². The minimum absolute atomic E-state index is 0.308. The second-order valence-corrected chi connectivity index (χ2v) is 9.45. The lowest BCUT2D eigenvalue weighted by Gasteiger charge is -2.63. The lowest BCUT2D eigenvalue weighted by molar-refractivity contribution is -0.171. The number of hydrogen-bond donors (Lipinski definition) is 3. The molecule has 1 aromatic rings.